The minimum absolute atomic E-state index is 0.0109. The zero-order valence-corrected chi connectivity index (χ0v) is 14.8. The number of primary amides is 1. The molecular weight excluding hydrogens is 333 g/mol. The quantitative estimate of drug-likeness (QED) is 0.648. The highest BCUT2D eigenvalue weighted by molar-refractivity contribution is 7.91. The van der Waals surface area contributed by atoms with Gasteiger partial charge < -0.3 is 19.9 Å². The molecule has 1 aromatic rings. The van der Waals surface area contributed by atoms with Gasteiger partial charge >= 0.3 is 6.09 Å². The van der Waals surface area contributed by atoms with E-state index in [-0.39, 0.29) is 12.6 Å². The number of benzene rings is 1. The lowest BCUT2D eigenvalue weighted by molar-refractivity contribution is 0.139. The van der Waals surface area contributed by atoms with Crippen LogP contribution in [0.5, 0.6) is 0 Å². The Morgan fingerprint density at radius 3 is 2.83 bits per heavy atom. The molecule has 24 heavy (non-hydrogen) atoms. The molecule has 1 heterocycles. The lowest BCUT2D eigenvalue weighted by Gasteiger charge is -2.43. The van der Waals surface area contributed by atoms with Crippen molar-refractivity contribution in [2.45, 2.75) is 38.0 Å². The maximum absolute atomic E-state index is 13.6. The molecule has 2 N–H and O–H groups in total. The molecule has 1 aliphatic heterocycles. The summed E-state index contributed by atoms with van der Waals surface area (Å²) < 4.78 is 34.1. The predicted molar refractivity (Wildman–Crippen MR) is 93.2 cm³/mol. The molecule has 132 valence electrons. The summed E-state index contributed by atoms with van der Waals surface area (Å²) in [4.78, 5) is 12.7. The summed E-state index contributed by atoms with van der Waals surface area (Å²) in [6, 6.07) is 4.34. The van der Waals surface area contributed by atoms with Gasteiger partial charge in [-0.15, -0.1) is 0 Å². The molecule has 0 spiro atoms. The van der Waals surface area contributed by atoms with Crippen LogP contribution in [0.4, 0.5) is 14.9 Å². The first-order valence-electron chi connectivity index (χ1n) is 7.63. The molecule has 0 saturated carbocycles. The summed E-state index contributed by atoms with van der Waals surface area (Å²) in [7, 11) is 0. The van der Waals surface area contributed by atoms with Crippen LogP contribution in [0.2, 0.25) is 0 Å². The fourth-order valence-corrected chi connectivity index (χ4v) is 2.79. The Bertz CT molecular complexity index is 633. The Labute approximate surface area is 144 Å². The number of halogens is 1. The third kappa shape index (κ3) is 4.61. The first-order chi connectivity index (χ1) is 11.2. The maximum atomic E-state index is 13.6. The van der Waals surface area contributed by atoms with E-state index < -0.39 is 28.0 Å². The van der Waals surface area contributed by atoms with E-state index in [1.807, 2.05) is 25.7 Å². The molecule has 2 rings (SSSR count). The summed E-state index contributed by atoms with van der Waals surface area (Å²) in [5.41, 5.74) is 6.29. The minimum Gasteiger partial charge on any atom is -0.591 e. The average molecular weight is 355 g/mol. The molecule has 0 radical (unpaired) electrons. The van der Waals surface area contributed by atoms with E-state index in [0.29, 0.717) is 5.56 Å². The van der Waals surface area contributed by atoms with Gasteiger partial charge in [-0.05, 0) is 45.4 Å². The Morgan fingerprint density at radius 2 is 2.29 bits per heavy atom. The Kier molecular flexibility index (Phi) is 5.71. The van der Waals surface area contributed by atoms with Gasteiger partial charge in [0.2, 0.25) is 0 Å². The van der Waals surface area contributed by atoms with Gasteiger partial charge in [0.25, 0.3) is 0 Å². The largest absolute Gasteiger partial charge is 0.591 e. The summed E-state index contributed by atoms with van der Waals surface area (Å²) in [5, 5.41) is 0. The molecule has 1 aliphatic rings. The standard InChI is InChI=1S/C16H22FN3O3S/c1-16(2,3)24(22)19-9-11-8-12(17)4-5-14(11)20-7-6-13(20)10-23-15(18)21/h4-5,8-9,13H,6-7,10H2,1-3H3,(H2,18,21)/t13-,24?/m1/s1. The van der Waals surface area contributed by atoms with Crippen LogP contribution >= 0.6 is 0 Å². The van der Waals surface area contributed by atoms with Crippen LogP contribution in [-0.2, 0) is 16.1 Å². The molecule has 6 nitrogen and oxygen atoms in total. The number of nitrogens with zero attached hydrogens (tertiary/aromatic N) is 2. The topological polar surface area (TPSA) is 91.0 Å². The van der Waals surface area contributed by atoms with Crippen molar-refractivity contribution in [2.75, 3.05) is 18.1 Å². The monoisotopic (exact) mass is 355 g/mol. The second-order valence-electron chi connectivity index (χ2n) is 6.57. The zero-order chi connectivity index (χ0) is 17.9. The summed E-state index contributed by atoms with van der Waals surface area (Å²) >= 11 is -1.43. The molecule has 8 heteroatoms. The van der Waals surface area contributed by atoms with E-state index in [1.54, 1.807) is 6.07 Å². The van der Waals surface area contributed by atoms with Gasteiger partial charge in [-0.3, -0.25) is 0 Å². The number of amides is 1. The van der Waals surface area contributed by atoms with Crippen molar-refractivity contribution < 1.29 is 18.5 Å². The third-order valence-corrected chi connectivity index (χ3v) is 5.02. The van der Waals surface area contributed by atoms with Gasteiger partial charge in [-0.2, -0.15) is 0 Å². The highest BCUT2D eigenvalue weighted by atomic mass is 32.2. The fraction of sp³-hybridized carbons (Fsp3) is 0.500. The Balaban J connectivity index is 2.19. The third-order valence-electron chi connectivity index (χ3n) is 3.67. The van der Waals surface area contributed by atoms with Gasteiger partial charge in [0.05, 0.1) is 12.3 Å². The molecule has 0 aliphatic carbocycles. The first kappa shape index (κ1) is 18.5. The zero-order valence-electron chi connectivity index (χ0n) is 14.0. The molecule has 1 saturated heterocycles. The lowest BCUT2D eigenvalue weighted by atomic mass is 10.0. The molecule has 2 atom stereocenters. The van der Waals surface area contributed by atoms with Gasteiger partial charge in [-0.25, -0.2) is 9.18 Å². The normalized spacial score (nSPS) is 19.2. The SMILES string of the molecule is CC(C)(C)[S+]([O-])N=Cc1cc(F)ccc1N1CC[C@@H]1COC(N)=O. The molecule has 1 unspecified atom stereocenters. The number of ether oxygens (including phenoxy) is 1. The molecule has 1 amide bonds. The second-order valence-corrected chi connectivity index (χ2v) is 8.50. The van der Waals surface area contributed by atoms with Gasteiger partial charge in [-0.1, -0.05) is 4.40 Å². The highest BCUT2D eigenvalue weighted by Gasteiger charge is 2.31. The van der Waals surface area contributed by atoms with Crippen molar-refractivity contribution in [3.05, 3.63) is 29.6 Å². The number of anilines is 1. The summed E-state index contributed by atoms with van der Waals surface area (Å²) in [5.74, 6) is -0.396. The van der Waals surface area contributed by atoms with E-state index in [9.17, 15) is 13.7 Å². The van der Waals surface area contributed by atoms with Crippen molar-refractivity contribution in [1.82, 2.24) is 0 Å². The van der Waals surface area contributed by atoms with Crippen molar-refractivity contribution in [3.8, 4) is 0 Å². The second kappa shape index (κ2) is 7.40. The number of rotatable bonds is 5. The molecule has 1 aromatic carbocycles. The van der Waals surface area contributed by atoms with Crippen molar-refractivity contribution in [1.29, 1.82) is 0 Å². The Hall–Kier alpha value is -1.80. The number of carbonyl (C=O) groups is 1. The smallest absolute Gasteiger partial charge is 0.404 e. The number of carbonyl (C=O) groups excluding carboxylic acids is 1. The van der Waals surface area contributed by atoms with E-state index in [0.717, 1.165) is 18.7 Å². The molecule has 0 bridgehead atoms. The van der Waals surface area contributed by atoms with E-state index in [2.05, 4.69) is 4.40 Å². The van der Waals surface area contributed by atoms with Gasteiger partial charge in [0, 0.05) is 17.8 Å². The van der Waals surface area contributed by atoms with Crippen LogP contribution in [-0.4, -0.2) is 40.8 Å². The van der Waals surface area contributed by atoms with Crippen LogP contribution in [0.1, 0.15) is 32.8 Å². The number of nitrogens with two attached hydrogens (primary N) is 1. The molecule has 0 aromatic heterocycles. The van der Waals surface area contributed by atoms with Crippen LogP contribution in [0, 0.1) is 5.82 Å². The molecular formula is C16H22FN3O3S. The van der Waals surface area contributed by atoms with Crippen LogP contribution < -0.4 is 10.6 Å². The van der Waals surface area contributed by atoms with Crippen molar-refractivity contribution in [2.24, 2.45) is 10.1 Å². The van der Waals surface area contributed by atoms with Crippen molar-refractivity contribution >= 4 is 29.4 Å². The van der Waals surface area contributed by atoms with Gasteiger partial charge in [0.15, 0.2) is 0 Å². The first-order valence-corrected chi connectivity index (χ1v) is 8.73. The summed E-state index contributed by atoms with van der Waals surface area (Å²) in [6.07, 6.45) is 1.46. The number of hydrogen-bond donors (Lipinski definition) is 1. The maximum Gasteiger partial charge on any atom is 0.404 e. The van der Waals surface area contributed by atoms with Crippen LogP contribution in [0.25, 0.3) is 0 Å². The average Bonchev–Trinajstić information content (AvgIpc) is 2.44. The van der Waals surface area contributed by atoms with Crippen molar-refractivity contribution in [3.63, 3.8) is 0 Å². The fourth-order valence-electron chi connectivity index (χ4n) is 2.26. The van der Waals surface area contributed by atoms with E-state index >= 15 is 0 Å². The Morgan fingerprint density at radius 1 is 1.58 bits per heavy atom. The van der Waals surface area contributed by atoms with Crippen LogP contribution in [0.3, 0.4) is 0 Å². The van der Waals surface area contributed by atoms with E-state index in [1.165, 1.54) is 18.3 Å². The summed E-state index contributed by atoms with van der Waals surface area (Å²) in [6.45, 7) is 6.39. The molecule has 1 fully saturated rings. The minimum atomic E-state index is -1.43. The predicted octanol–water partition coefficient (Wildman–Crippen LogP) is 2.38. The van der Waals surface area contributed by atoms with Crippen LogP contribution in [0.15, 0.2) is 22.6 Å². The lowest BCUT2D eigenvalue weighted by Crippen LogP contribution is -2.51. The van der Waals surface area contributed by atoms with E-state index in [4.69, 9.17) is 10.5 Å². The highest BCUT2D eigenvalue weighted by Crippen LogP contribution is 2.30. The number of hydrogen-bond acceptors (Lipinski definition) is 5. The van der Waals surface area contributed by atoms with Gasteiger partial charge in [0.1, 0.15) is 28.5 Å².